The number of hydrogen-bond acceptors (Lipinski definition) is 5. The van der Waals surface area contributed by atoms with Crippen molar-refractivity contribution in [2.24, 2.45) is 0 Å². The Labute approximate surface area is 180 Å². The van der Waals surface area contributed by atoms with Gasteiger partial charge in [0.25, 0.3) is 11.8 Å². The van der Waals surface area contributed by atoms with E-state index in [4.69, 9.17) is 9.47 Å². The minimum absolute atomic E-state index is 0.177. The Morgan fingerprint density at radius 3 is 2.42 bits per heavy atom. The maximum absolute atomic E-state index is 13.8. The standard InChI is InChI=1S/C23H25N3O5/c1-4-11-25-21(28)18-7-5-6-8-19(18)26-20(27)9-10-23(25,26)22(29)24-15-12-16(30-2)14-17(13-15)31-3/h5-8,12-14H,4,9-11H2,1-3H3,(H,24,29). The summed E-state index contributed by atoms with van der Waals surface area (Å²) in [4.78, 5) is 43.1. The lowest BCUT2D eigenvalue weighted by molar-refractivity contribution is -0.128. The zero-order chi connectivity index (χ0) is 22.2. The summed E-state index contributed by atoms with van der Waals surface area (Å²) in [7, 11) is 3.05. The summed E-state index contributed by atoms with van der Waals surface area (Å²) in [5, 5.41) is 2.90. The average Bonchev–Trinajstić information content (AvgIpc) is 3.14. The summed E-state index contributed by atoms with van der Waals surface area (Å²) >= 11 is 0. The molecule has 0 radical (unpaired) electrons. The second kappa shape index (κ2) is 7.94. The molecule has 1 atom stereocenters. The quantitative estimate of drug-likeness (QED) is 0.772. The first-order chi connectivity index (χ1) is 15.0. The SMILES string of the molecule is CCCN1C(=O)c2ccccc2N2C(=O)CCC12C(=O)Nc1cc(OC)cc(OC)c1. The van der Waals surface area contributed by atoms with Gasteiger partial charge in [0.2, 0.25) is 11.6 Å². The van der Waals surface area contributed by atoms with E-state index >= 15 is 0 Å². The van der Waals surface area contributed by atoms with E-state index in [1.54, 1.807) is 42.5 Å². The Bertz CT molecular complexity index is 1030. The Kier molecular flexibility index (Phi) is 5.31. The van der Waals surface area contributed by atoms with Gasteiger partial charge in [-0.1, -0.05) is 19.1 Å². The number of rotatable bonds is 6. The van der Waals surface area contributed by atoms with Gasteiger partial charge in [-0.05, 0) is 18.6 Å². The monoisotopic (exact) mass is 423 g/mol. The predicted octanol–water partition coefficient (Wildman–Crippen LogP) is 3.03. The topological polar surface area (TPSA) is 88.2 Å². The Morgan fingerprint density at radius 1 is 1.10 bits per heavy atom. The van der Waals surface area contributed by atoms with Crippen LogP contribution in [-0.4, -0.2) is 49.0 Å². The Hall–Kier alpha value is -3.55. The number of ether oxygens (including phenoxy) is 2. The van der Waals surface area contributed by atoms with Crippen molar-refractivity contribution in [3.63, 3.8) is 0 Å². The van der Waals surface area contributed by atoms with Crippen LogP contribution in [0.5, 0.6) is 11.5 Å². The van der Waals surface area contributed by atoms with Crippen molar-refractivity contribution in [2.45, 2.75) is 31.8 Å². The third-order valence-corrected chi connectivity index (χ3v) is 5.79. The molecule has 0 aromatic heterocycles. The number of benzene rings is 2. The zero-order valence-electron chi connectivity index (χ0n) is 17.8. The minimum atomic E-state index is -1.42. The molecule has 0 spiro atoms. The third kappa shape index (κ3) is 3.19. The van der Waals surface area contributed by atoms with Crippen molar-refractivity contribution in [3.05, 3.63) is 48.0 Å². The lowest BCUT2D eigenvalue weighted by Crippen LogP contribution is -2.69. The molecule has 0 saturated carbocycles. The molecule has 2 aromatic rings. The second-order valence-corrected chi connectivity index (χ2v) is 7.58. The van der Waals surface area contributed by atoms with Crippen molar-refractivity contribution >= 4 is 29.1 Å². The average molecular weight is 423 g/mol. The fourth-order valence-corrected chi connectivity index (χ4v) is 4.42. The van der Waals surface area contributed by atoms with E-state index in [2.05, 4.69) is 5.32 Å². The first kappa shape index (κ1) is 20.7. The van der Waals surface area contributed by atoms with Gasteiger partial charge in [0.05, 0.1) is 25.5 Å². The van der Waals surface area contributed by atoms with Gasteiger partial charge in [-0.25, -0.2) is 0 Å². The van der Waals surface area contributed by atoms with Crippen molar-refractivity contribution < 1.29 is 23.9 Å². The van der Waals surface area contributed by atoms with Crippen LogP contribution in [0.3, 0.4) is 0 Å². The number of para-hydroxylation sites is 1. The molecule has 1 unspecified atom stereocenters. The fourth-order valence-electron chi connectivity index (χ4n) is 4.42. The molecule has 8 heteroatoms. The van der Waals surface area contributed by atoms with Crippen LogP contribution in [0.2, 0.25) is 0 Å². The van der Waals surface area contributed by atoms with Gasteiger partial charge < -0.3 is 19.7 Å². The summed E-state index contributed by atoms with van der Waals surface area (Å²) in [5.41, 5.74) is -0.0643. The molecule has 2 aliphatic heterocycles. The van der Waals surface area contributed by atoms with Crippen molar-refractivity contribution in [3.8, 4) is 11.5 Å². The van der Waals surface area contributed by atoms with E-state index in [1.807, 2.05) is 6.92 Å². The predicted molar refractivity (Wildman–Crippen MR) is 115 cm³/mol. The molecule has 1 saturated heterocycles. The molecule has 162 valence electrons. The number of carbonyl (C=O) groups excluding carboxylic acids is 3. The fraction of sp³-hybridized carbons (Fsp3) is 0.348. The number of nitrogens with one attached hydrogen (secondary N) is 1. The lowest BCUT2D eigenvalue weighted by atomic mass is 9.95. The molecule has 2 aliphatic rings. The van der Waals surface area contributed by atoms with Crippen molar-refractivity contribution in [1.29, 1.82) is 0 Å². The number of nitrogens with zero attached hydrogens (tertiary/aromatic N) is 2. The summed E-state index contributed by atoms with van der Waals surface area (Å²) < 4.78 is 10.6. The van der Waals surface area contributed by atoms with Gasteiger partial charge in [-0.2, -0.15) is 0 Å². The number of fused-ring (bicyclic) bond motifs is 3. The summed E-state index contributed by atoms with van der Waals surface area (Å²) in [6.45, 7) is 2.29. The maximum atomic E-state index is 13.8. The highest BCUT2D eigenvalue weighted by Gasteiger charge is 2.60. The molecule has 3 amide bonds. The van der Waals surface area contributed by atoms with Crippen LogP contribution in [-0.2, 0) is 9.59 Å². The van der Waals surface area contributed by atoms with Crippen LogP contribution in [0.25, 0.3) is 0 Å². The summed E-state index contributed by atoms with van der Waals surface area (Å²) in [6, 6.07) is 12.0. The van der Waals surface area contributed by atoms with Crippen LogP contribution >= 0.6 is 0 Å². The van der Waals surface area contributed by atoms with Crippen LogP contribution in [0.1, 0.15) is 36.5 Å². The molecule has 1 N–H and O–H groups in total. The molecule has 0 bridgehead atoms. The molecular formula is C23H25N3O5. The van der Waals surface area contributed by atoms with Gasteiger partial charge in [0.1, 0.15) is 11.5 Å². The van der Waals surface area contributed by atoms with E-state index in [0.29, 0.717) is 41.4 Å². The van der Waals surface area contributed by atoms with Crippen LogP contribution in [0.4, 0.5) is 11.4 Å². The molecule has 2 aromatic carbocycles. The zero-order valence-corrected chi connectivity index (χ0v) is 17.8. The lowest BCUT2D eigenvalue weighted by Gasteiger charge is -2.49. The number of hydrogen-bond donors (Lipinski definition) is 1. The number of amides is 3. The van der Waals surface area contributed by atoms with E-state index in [-0.39, 0.29) is 24.7 Å². The highest BCUT2D eigenvalue weighted by atomic mass is 16.5. The maximum Gasteiger partial charge on any atom is 0.271 e. The molecule has 4 rings (SSSR count). The van der Waals surface area contributed by atoms with Gasteiger partial charge in [-0.3, -0.25) is 19.3 Å². The number of methoxy groups -OCH3 is 2. The summed E-state index contributed by atoms with van der Waals surface area (Å²) in [5.74, 6) is 0.162. The van der Waals surface area contributed by atoms with Crippen molar-refractivity contribution in [2.75, 3.05) is 31.0 Å². The largest absolute Gasteiger partial charge is 0.497 e. The van der Waals surface area contributed by atoms with E-state index in [0.717, 1.165) is 0 Å². The first-order valence-corrected chi connectivity index (χ1v) is 10.2. The van der Waals surface area contributed by atoms with Gasteiger partial charge in [0.15, 0.2) is 0 Å². The van der Waals surface area contributed by atoms with Crippen molar-refractivity contribution in [1.82, 2.24) is 4.90 Å². The number of carbonyl (C=O) groups is 3. The van der Waals surface area contributed by atoms with E-state index < -0.39 is 11.6 Å². The Balaban J connectivity index is 1.81. The minimum Gasteiger partial charge on any atom is -0.497 e. The first-order valence-electron chi connectivity index (χ1n) is 10.2. The molecule has 31 heavy (non-hydrogen) atoms. The smallest absolute Gasteiger partial charge is 0.271 e. The van der Waals surface area contributed by atoms with E-state index in [1.165, 1.54) is 24.0 Å². The summed E-state index contributed by atoms with van der Waals surface area (Å²) in [6.07, 6.45) is 1.05. The van der Waals surface area contributed by atoms with Crippen LogP contribution in [0, 0.1) is 0 Å². The van der Waals surface area contributed by atoms with Gasteiger partial charge >= 0.3 is 0 Å². The van der Waals surface area contributed by atoms with Gasteiger partial charge in [0, 0.05) is 43.3 Å². The molecule has 8 nitrogen and oxygen atoms in total. The van der Waals surface area contributed by atoms with Crippen LogP contribution in [0.15, 0.2) is 42.5 Å². The van der Waals surface area contributed by atoms with Crippen LogP contribution < -0.4 is 19.7 Å². The highest BCUT2D eigenvalue weighted by Crippen LogP contribution is 2.45. The van der Waals surface area contributed by atoms with Gasteiger partial charge in [-0.15, -0.1) is 0 Å². The molecule has 0 aliphatic carbocycles. The van der Waals surface area contributed by atoms with E-state index in [9.17, 15) is 14.4 Å². The second-order valence-electron chi connectivity index (χ2n) is 7.58. The Morgan fingerprint density at radius 2 is 1.77 bits per heavy atom. The molecule has 1 fully saturated rings. The third-order valence-electron chi connectivity index (χ3n) is 5.79. The molecule has 2 heterocycles. The molecular weight excluding hydrogens is 398 g/mol. The normalized spacial score (nSPS) is 19.7. The number of anilines is 2. The highest BCUT2D eigenvalue weighted by molar-refractivity contribution is 6.18.